The van der Waals surface area contributed by atoms with Crippen molar-refractivity contribution in [2.45, 2.75) is 18.5 Å². The van der Waals surface area contributed by atoms with Gasteiger partial charge in [0.15, 0.2) is 0 Å². The maximum Gasteiger partial charge on any atom is 0.242 e. The molecule has 1 aromatic heterocycles. The molecule has 1 atom stereocenters. The van der Waals surface area contributed by atoms with Crippen molar-refractivity contribution in [3.8, 4) is 5.75 Å². The van der Waals surface area contributed by atoms with Gasteiger partial charge in [0, 0.05) is 18.8 Å². The van der Waals surface area contributed by atoms with Gasteiger partial charge in [0.25, 0.3) is 0 Å². The molecule has 110 valence electrons. The standard InChI is InChI=1S/C15H17N3O3/c19-10-15(17-14(20)9-18-7-3-6-16-18)8-12-4-1-2-5-13(12)21-11-15/h1-7,19H,8-11H2,(H,17,20). The number of carbonyl (C=O) groups is 1. The number of amides is 1. The van der Waals surface area contributed by atoms with Crippen LogP contribution in [0.1, 0.15) is 5.56 Å². The third-order valence-corrected chi connectivity index (χ3v) is 3.58. The van der Waals surface area contributed by atoms with Crippen LogP contribution in [-0.2, 0) is 17.8 Å². The number of carbonyl (C=O) groups excluding carboxylic acids is 1. The molecule has 0 fully saturated rings. The van der Waals surface area contributed by atoms with Crippen LogP contribution in [0.2, 0.25) is 0 Å². The number of aliphatic hydroxyl groups is 1. The highest BCUT2D eigenvalue weighted by Crippen LogP contribution is 2.29. The Kier molecular flexibility index (Phi) is 3.62. The van der Waals surface area contributed by atoms with E-state index in [0.717, 1.165) is 11.3 Å². The van der Waals surface area contributed by atoms with Gasteiger partial charge < -0.3 is 15.2 Å². The summed E-state index contributed by atoms with van der Waals surface area (Å²) in [6.45, 7) is 0.202. The summed E-state index contributed by atoms with van der Waals surface area (Å²) in [5.74, 6) is 0.610. The summed E-state index contributed by atoms with van der Waals surface area (Å²) in [6.07, 6.45) is 3.89. The highest BCUT2D eigenvalue weighted by atomic mass is 16.5. The topological polar surface area (TPSA) is 76.4 Å². The van der Waals surface area contributed by atoms with Crippen LogP contribution in [0.5, 0.6) is 5.75 Å². The van der Waals surface area contributed by atoms with Crippen LogP contribution in [-0.4, -0.2) is 39.5 Å². The number of para-hydroxylation sites is 1. The first-order valence-electron chi connectivity index (χ1n) is 6.81. The number of ether oxygens (including phenoxy) is 1. The van der Waals surface area contributed by atoms with E-state index in [-0.39, 0.29) is 25.7 Å². The minimum atomic E-state index is -0.779. The van der Waals surface area contributed by atoms with Crippen molar-refractivity contribution in [3.63, 3.8) is 0 Å². The van der Waals surface area contributed by atoms with Crippen molar-refractivity contribution in [2.24, 2.45) is 0 Å². The quantitative estimate of drug-likeness (QED) is 0.851. The average molecular weight is 287 g/mol. The van der Waals surface area contributed by atoms with Crippen LogP contribution < -0.4 is 10.1 Å². The predicted molar refractivity (Wildman–Crippen MR) is 75.8 cm³/mol. The van der Waals surface area contributed by atoms with Crippen LogP contribution in [0.4, 0.5) is 0 Å². The Bertz CT molecular complexity index is 627. The number of benzene rings is 1. The highest BCUT2D eigenvalue weighted by molar-refractivity contribution is 5.76. The van der Waals surface area contributed by atoms with Gasteiger partial charge in [-0.25, -0.2) is 0 Å². The Balaban J connectivity index is 1.72. The molecule has 0 spiro atoms. The summed E-state index contributed by atoms with van der Waals surface area (Å²) < 4.78 is 7.21. The van der Waals surface area contributed by atoms with Gasteiger partial charge in [0.05, 0.1) is 6.61 Å². The molecule has 2 heterocycles. The van der Waals surface area contributed by atoms with Crippen LogP contribution >= 0.6 is 0 Å². The van der Waals surface area contributed by atoms with E-state index >= 15 is 0 Å². The smallest absolute Gasteiger partial charge is 0.242 e. The molecular formula is C15H17N3O3. The number of nitrogens with one attached hydrogen (secondary N) is 1. The van der Waals surface area contributed by atoms with Crippen molar-refractivity contribution >= 4 is 5.91 Å². The molecule has 0 saturated heterocycles. The summed E-state index contributed by atoms with van der Waals surface area (Å²) in [5.41, 5.74) is 0.204. The number of rotatable bonds is 4. The average Bonchev–Trinajstić information content (AvgIpc) is 3.00. The molecule has 2 N–H and O–H groups in total. The number of aliphatic hydroxyl groups excluding tert-OH is 1. The van der Waals surface area contributed by atoms with Gasteiger partial charge in [-0.15, -0.1) is 0 Å². The molecular weight excluding hydrogens is 270 g/mol. The highest BCUT2D eigenvalue weighted by Gasteiger charge is 2.36. The summed E-state index contributed by atoms with van der Waals surface area (Å²) in [5, 5.41) is 16.6. The molecule has 1 amide bonds. The monoisotopic (exact) mass is 287 g/mol. The summed E-state index contributed by atoms with van der Waals surface area (Å²) in [4.78, 5) is 12.1. The zero-order valence-electron chi connectivity index (χ0n) is 11.5. The predicted octanol–water partition coefficient (Wildman–Crippen LogP) is 0.365. The Hall–Kier alpha value is -2.34. The zero-order valence-corrected chi connectivity index (χ0v) is 11.5. The molecule has 6 heteroatoms. The lowest BCUT2D eigenvalue weighted by Crippen LogP contribution is -2.59. The SMILES string of the molecule is O=C(Cn1cccn1)NC1(CO)COc2ccccc2C1. The van der Waals surface area contributed by atoms with Crippen molar-refractivity contribution in [1.82, 2.24) is 15.1 Å². The molecule has 21 heavy (non-hydrogen) atoms. The first-order valence-corrected chi connectivity index (χ1v) is 6.81. The number of hydrogen-bond donors (Lipinski definition) is 2. The Morgan fingerprint density at radius 1 is 1.43 bits per heavy atom. The van der Waals surface area contributed by atoms with Crippen molar-refractivity contribution in [3.05, 3.63) is 48.3 Å². The molecule has 0 bridgehead atoms. The van der Waals surface area contributed by atoms with Gasteiger partial charge in [0.2, 0.25) is 5.91 Å². The second kappa shape index (κ2) is 5.57. The second-order valence-corrected chi connectivity index (χ2v) is 5.26. The number of hydrogen-bond acceptors (Lipinski definition) is 4. The molecule has 1 aromatic carbocycles. The summed E-state index contributed by atoms with van der Waals surface area (Å²) >= 11 is 0. The molecule has 2 aromatic rings. The molecule has 1 aliphatic heterocycles. The fraction of sp³-hybridized carbons (Fsp3) is 0.333. The van der Waals surface area contributed by atoms with Crippen LogP contribution in [0.3, 0.4) is 0 Å². The Labute approximate surface area is 122 Å². The van der Waals surface area contributed by atoms with Crippen LogP contribution in [0, 0.1) is 0 Å². The van der Waals surface area contributed by atoms with Crippen LogP contribution in [0.25, 0.3) is 0 Å². The molecule has 0 radical (unpaired) electrons. The van der Waals surface area contributed by atoms with Crippen LogP contribution in [0.15, 0.2) is 42.7 Å². The third-order valence-electron chi connectivity index (χ3n) is 3.58. The van der Waals surface area contributed by atoms with E-state index < -0.39 is 5.54 Å². The molecule has 6 nitrogen and oxygen atoms in total. The van der Waals surface area contributed by atoms with E-state index in [9.17, 15) is 9.90 Å². The van der Waals surface area contributed by atoms with E-state index in [4.69, 9.17) is 4.74 Å². The molecule has 3 rings (SSSR count). The van der Waals surface area contributed by atoms with Gasteiger partial charge in [-0.1, -0.05) is 18.2 Å². The number of aromatic nitrogens is 2. The van der Waals surface area contributed by atoms with Crippen molar-refractivity contribution in [2.75, 3.05) is 13.2 Å². The fourth-order valence-corrected chi connectivity index (χ4v) is 2.52. The van der Waals surface area contributed by atoms with Crippen molar-refractivity contribution < 1.29 is 14.6 Å². The van der Waals surface area contributed by atoms with Gasteiger partial charge in [-0.3, -0.25) is 9.48 Å². The summed E-state index contributed by atoms with van der Waals surface area (Å²) in [6, 6.07) is 9.41. The Morgan fingerprint density at radius 2 is 2.29 bits per heavy atom. The van der Waals surface area contributed by atoms with E-state index in [0.29, 0.717) is 6.42 Å². The van der Waals surface area contributed by atoms with Gasteiger partial charge in [-0.05, 0) is 17.7 Å². The molecule has 1 aliphatic rings. The minimum absolute atomic E-state index is 0.121. The van der Waals surface area contributed by atoms with Gasteiger partial charge in [0.1, 0.15) is 24.4 Å². The van der Waals surface area contributed by atoms with E-state index in [1.54, 1.807) is 18.5 Å². The minimum Gasteiger partial charge on any atom is -0.491 e. The first kappa shape index (κ1) is 13.6. The van der Waals surface area contributed by atoms with E-state index in [1.807, 2.05) is 24.3 Å². The zero-order chi connectivity index (χ0) is 14.7. The fourth-order valence-electron chi connectivity index (χ4n) is 2.52. The van der Waals surface area contributed by atoms with Gasteiger partial charge in [-0.2, -0.15) is 5.10 Å². The maximum atomic E-state index is 12.1. The lowest BCUT2D eigenvalue weighted by atomic mass is 9.89. The Morgan fingerprint density at radius 3 is 3.05 bits per heavy atom. The maximum absolute atomic E-state index is 12.1. The largest absolute Gasteiger partial charge is 0.491 e. The molecule has 0 aliphatic carbocycles. The van der Waals surface area contributed by atoms with Crippen molar-refractivity contribution in [1.29, 1.82) is 0 Å². The lowest BCUT2D eigenvalue weighted by Gasteiger charge is -2.37. The third kappa shape index (κ3) is 2.90. The number of fused-ring (bicyclic) bond motifs is 1. The second-order valence-electron chi connectivity index (χ2n) is 5.26. The van der Waals surface area contributed by atoms with E-state index in [2.05, 4.69) is 10.4 Å². The van der Waals surface area contributed by atoms with E-state index in [1.165, 1.54) is 4.68 Å². The summed E-state index contributed by atoms with van der Waals surface area (Å²) in [7, 11) is 0. The normalized spacial score (nSPS) is 20.4. The van der Waals surface area contributed by atoms with Gasteiger partial charge >= 0.3 is 0 Å². The first-order chi connectivity index (χ1) is 10.2. The molecule has 0 saturated carbocycles. The molecule has 1 unspecified atom stereocenters. The lowest BCUT2D eigenvalue weighted by molar-refractivity contribution is -0.125. The number of nitrogens with zero attached hydrogens (tertiary/aromatic N) is 2.